The lowest BCUT2D eigenvalue weighted by Gasteiger charge is -2.15. The van der Waals surface area contributed by atoms with Crippen LogP contribution in [-0.4, -0.2) is 9.13 Å². The summed E-state index contributed by atoms with van der Waals surface area (Å²) in [6.07, 6.45) is 15.4. The standard InChI is InChI=1S/C55H42N2/c1-3-16-47-49-36-43(31-33-54(49)56(51(47)4-2)45-22-15-21-42(35-45)39-19-9-6-10-20-39)44-32-34-55-50(37-44)48-24-12-14-26-53(48)57(55)52-25-13-11-23-46(52)41-29-27-40(28-30-41)38-17-7-5-8-18-38/h3-5,7-9,11-37H,2,6,10H2,1H3/b16-3-. The van der Waals surface area contributed by atoms with Gasteiger partial charge in [-0.3, -0.25) is 0 Å². The normalized spacial score (nSPS) is 12.9. The zero-order valence-electron chi connectivity index (χ0n) is 32.1. The number of hydrogen-bond acceptors (Lipinski definition) is 0. The molecule has 0 N–H and O–H groups in total. The summed E-state index contributed by atoms with van der Waals surface area (Å²) in [5.41, 5.74) is 17.9. The lowest BCUT2D eigenvalue weighted by Crippen LogP contribution is -1.98. The smallest absolute Gasteiger partial charge is 0.0541 e. The van der Waals surface area contributed by atoms with Gasteiger partial charge in [-0.1, -0.05) is 152 Å². The summed E-state index contributed by atoms with van der Waals surface area (Å²) in [4.78, 5) is 0. The molecule has 0 bridgehead atoms. The van der Waals surface area contributed by atoms with Crippen molar-refractivity contribution in [3.05, 3.63) is 211 Å². The summed E-state index contributed by atoms with van der Waals surface area (Å²) in [5, 5.41) is 3.68. The highest BCUT2D eigenvalue weighted by molar-refractivity contribution is 6.11. The number of hydrogen-bond donors (Lipinski definition) is 0. The zero-order chi connectivity index (χ0) is 38.3. The van der Waals surface area contributed by atoms with Crippen LogP contribution in [0.1, 0.15) is 36.6 Å². The van der Waals surface area contributed by atoms with Gasteiger partial charge in [-0.2, -0.15) is 0 Å². The molecule has 0 amide bonds. The van der Waals surface area contributed by atoms with Crippen molar-refractivity contribution in [2.24, 2.45) is 0 Å². The van der Waals surface area contributed by atoms with Crippen LogP contribution in [0, 0.1) is 0 Å². The molecule has 1 aliphatic carbocycles. The topological polar surface area (TPSA) is 9.86 Å². The molecule has 1 aliphatic rings. The van der Waals surface area contributed by atoms with Crippen LogP contribution < -0.4 is 0 Å². The lowest BCUT2D eigenvalue weighted by molar-refractivity contribution is 1.04. The zero-order valence-corrected chi connectivity index (χ0v) is 32.1. The monoisotopic (exact) mass is 730 g/mol. The fourth-order valence-electron chi connectivity index (χ4n) is 8.79. The predicted octanol–water partition coefficient (Wildman–Crippen LogP) is 15.1. The molecular weight excluding hydrogens is 689 g/mol. The van der Waals surface area contributed by atoms with Gasteiger partial charge in [-0.05, 0) is 113 Å². The first kappa shape index (κ1) is 34.3. The Hall–Kier alpha value is -7.16. The molecule has 10 rings (SSSR count). The van der Waals surface area contributed by atoms with Crippen molar-refractivity contribution in [1.82, 2.24) is 9.13 Å². The molecule has 0 fully saturated rings. The molecule has 0 saturated heterocycles. The van der Waals surface area contributed by atoms with E-state index in [9.17, 15) is 0 Å². The van der Waals surface area contributed by atoms with Crippen molar-refractivity contribution < 1.29 is 0 Å². The van der Waals surface area contributed by atoms with E-state index in [0.29, 0.717) is 0 Å². The summed E-state index contributed by atoms with van der Waals surface area (Å²) < 4.78 is 4.80. The van der Waals surface area contributed by atoms with Crippen molar-refractivity contribution >= 4 is 50.4 Å². The van der Waals surface area contributed by atoms with Crippen molar-refractivity contribution in [3.63, 3.8) is 0 Å². The molecule has 2 heterocycles. The Balaban J connectivity index is 1.09. The Bertz CT molecular complexity index is 3070. The highest BCUT2D eigenvalue weighted by Crippen LogP contribution is 2.40. The Morgan fingerprint density at radius 2 is 1.16 bits per heavy atom. The van der Waals surface area contributed by atoms with E-state index in [-0.39, 0.29) is 0 Å². The Morgan fingerprint density at radius 3 is 1.93 bits per heavy atom. The van der Waals surface area contributed by atoms with E-state index < -0.39 is 0 Å². The van der Waals surface area contributed by atoms with Gasteiger partial charge < -0.3 is 9.13 Å². The van der Waals surface area contributed by atoms with Gasteiger partial charge in [0.05, 0.1) is 27.9 Å². The van der Waals surface area contributed by atoms with Crippen molar-refractivity contribution in [1.29, 1.82) is 0 Å². The van der Waals surface area contributed by atoms with Gasteiger partial charge in [0.25, 0.3) is 0 Å². The second-order valence-corrected chi connectivity index (χ2v) is 14.8. The first-order valence-corrected chi connectivity index (χ1v) is 19.9. The van der Waals surface area contributed by atoms with Crippen LogP contribution in [0.4, 0.5) is 0 Å². The van der Waals surface area contributed by atoms with E-state index >= 15 is 0 Å². The second kappa shape index (κ2) is 14.5. The van der Waals surface area contributed by atoms with E-state index in [1.54, 1.807) is 0 Å². The minimum Gasteiger partial charge on any atom is -0.309 e. The Kier molecular flexibility index (Phi) is 8.73. The number of benzene rings is 7. The molecule has 0 saturated carbocycles. The summed E-state index contributed by atoms with van der Waals surface area (Å²) >= 11 is 0. The fraction of sp³-hybridized carbons (Fsp3) is 0.0545. The summed E-state index contributed by atoms with van der Waals surface area (Å²) in [7, 11) is 0. The minimum atomic E-state index is 1.08. The molecular formula is C55H42N2. The first-order valence-electron chi connectivity index (χ1n) is 19.9. The van der Waals surface area contributed by atoms with Crippen LogP contribution in [0.25, 0.3) is 95.2 Å². The van der Waals surface area contributed by atoms with Gasteiger partial charge in [0.2, 0.25) is 0 Å². The van der Waals surface area contributed by atoms with Crippen molar-refractivity contribution in [2.75, 3.05) is 0 Å². The van der Waals surface area contributed by atoms with Gasteiger partial charge in [0.15, 0.2) is 0 Å². The second-order valence-electron chi connectivity index (χ2n) is 14.8. The Morgan fingerprint density at radius 1 is 0.509 bits per heavy atom. The van der Waals surface area contributed by atoms with Crippen molar-refractivity contribution in [2.45, 2.75) is 19.8 Å². The molecule has 0 aliphatic heterocycles. The highest BCUT2D eigenvalue weighted by Gasteiger charge is 2.19. The summed E-state index contributed by atoms with van der Waals surface area (Å²) in [6.45, 7) is 6.39. The first-order chi connectivity index (χ1) is 28.2. The van der Waals surface area contributed by atoms with Gasteiger partial charge in [0, 0.05) is 33.0 Å². The van der Waals surface area contributed by atoms with Crippen LogP contribution in [0.2, 0.25) is 0 Å². The third-order valence-electron chi connectivity index (χ3n) is 11.5. The molecule has 9 aromatic rings. The maximum absolute atomic E-state index is 4.30. The summed E-state index contributed by atoms with van der Waals surface area (Å²) in [5.74, 6) is 0. The molecule has 272 valence electrons. The molecule has 0 unspecified atom stereocenters. The number of fused-ring (bicyclic) bond motifs is 4. The molecule has 0 spiro atoms. The molecule has 0 atom stereocenters. The molecule has 2 aromatic heterocycles. The van der Waals surface area contributed by atoms with Crippen LogP contribution >= 0.6 is 0 Å². The van der Waals surface area contributed by atoms with Gasteiger partial charge in [-0.15, -0.1) is 0 Å². The molecule has 2 nitrogen and oxygen atoms in total. The van der Waals surface area contributed by atoms with E-state index in [1.165, 1.54) is 83.0 Å². The molecule has 0 radical (unpaired) electrons. The maximum atomic E-state index is 4.30. The SMILES string of the molecule is C=Cc1c(/C=C\C)c2cc(-c3ccc4c(c3)c3ccccc3n4-c3ccccc3-c3ccc(-c4ccccc4)cc3)ccc2n1-c1cccc(C2=CCCC=C2)c1. The van der Waals surface area contributed by atoms with Crippen molar-refractivity contribution in [3.8, 4) is 44.8 Å². The quantitative estimate of drug-likeness (QED) is 0.147. The highest BCUT2D eigenvalue weighted by atomic mass is 15.0. The average molecular weight is 731 g/mol. The average Bonchev–Trinajstić information content (AvgIpc) is 3.78. The minimum absolute atomic E-state index is 1.08. The Labute approximate surface area is 334 Å². The van der Waals surface area contributed by atoms with Crippen LogP contribution in [0.5, 0.6) is 0 Å². The van der Waals surface area contributed by atoms with Crippen LogP contribution in [0.3, 0.4) is 0 Å². The summed E-state index contributed by atoms with van der Waals surface area (Å²) in [6, 6.07) is 59.9. The predicted molar refractivity (Wildman–Crippen MR) is 245 cm³/mol. The van der Waals surface area contributed by atoms with Crippen LogP contribution in [-0.2, 0) is 0 Å². The van der Waals surface area contributed by atoms with E-state index in [4.69, 9.17) is 0 Å². The van der Waals surface area contributed by atoms with Gasteiger partial charge in [0.1, 0.15) is 0 Å². The largest absolute Gasteiger partial charge is 0.309 e. The van der Waals surface area contributed by atoms with E-state index in [0.717, 1.165) is 29.7 Å². The van der Waals surface area contributed by atoms with E-state index in [1.807, 2.05) is 6.08 Å². The van der Waals surface area contributed by atoms with Gasteiger partial charge >= 0.3 is 0 Å². The number of aromatic nitrogens is 2. The van der Waals surface area contributed by atoms with Crippen LogP contribution in [0.15, 0.2) is 195 Å². The number of nitrogens with zero attached hydrogens (tertiary/aromatic N) is 2. The molecule has 7 aromatic carbocycles. The number of allylic oxidation sites excluding steroid dienone is 5. The molecule has 57 heavy (non-hydrogen) atoms. The number of rotatable bonds is 8. The maximum Gasteiger partial charge on any atom is 0.0541 e. The number of para-hydroxylation sites is 2. The fourth-order valence-corrected chi connectivity index (χ4v) is 8.79. The third kappa shape index (κ3) is 5.98. The molecule has 2 heteroatoms. The van der Waals surface area contributed by atoms with E-state index in [2.05, 4.69) is 217 Å². The third-order valence-corrected chi connectivity index (χ3v) is 11.5. The van der Waals surface area contributed by atoms with Gasteiger partial charge in [-0.25, -0.2) is 0 Å². The lowest BCUT2D eigenvalue weighted by atomic mass is 9.99.